The topological polar surface area (TPSA) is 24.1 Å². The Hall–Kier alpha value is -1.39. The molecule has 1 heterocycles. The van der Waals surface area contributed by atoms with Crippen LogP contribution in [0.3, 0.4) is 0 Å². The highest BCUT2D eigenvalue weighted by atomic mass is 79.9. The first-order valence-corrected chi connectivity index (χ1v) is 7.74. The molecule has 19 heavy (non-hydrogen) atoms. The van der Waals surface area contributed by atoms with E-state index in [0.29, 0.717) is 0 Å². The highest BCUT2D eigenvalue weighted by molar-refractivity contribution is 9.10. The molecule has 96 valence electrons. The zero-order valence-corrected chi connectivity index (χ0v) is 12.5. The second kappa shape index (κ2) is 5.72. The van der Waals surface area contributed by atoms with Gasteiger partial charge in [-0.05, 0) is 35.2 Å². The first-order valence-electron chi connectivity index (χ1n) is 6.01. The minimum Gasteiger partial charge on any atom is -0.357 e. The van der Waals surface area contributed by atoms with Crippen molar-refractivity contribution < 1.29 is 0 Å². The minimum atomic E-state index is 0.177. The molecule has 2 nitrogen and oxygen atoms in total. The van der Waals surface area contributed by atoms with Crippen molar-refractivity contribution in [3.8, 4) is 0 Å². The minimum absolute atomic E-state index is 0.177. The van der Waals surface area contributed by atoms with Crippen LogP contribution in [-0.2, 0) is 0 Å². The molecule has 1 unspecified atom stereocenters. The van der Waals surface area contributed by atoms with Crippen molar-refractivity contribution in [3.63, 3.8) is 0 Å². The average molecular weight is 333 g/mol. The first-order chi connectivity index (χ1) is 9.31. The van der Waals surface area contributed by atoms with Crippen molar-refractivity contribution in [2.24, 2.45) is 0 Å². The summed E-state index contributed by atoms with van der Waals surface area (Å²) < 4.78 is 1.09. The summed E-state index contributed by atoms with van der Waals surface area (Å²) in [6.45, 7) is 0. The molecular formula is C15H13BrN2S. The number of hydrogen-bond acceptors (Lipinski definition) is 3. The van der Waals surface area contributed by atoms with Gasteiger partial charge in [0.1, 0.15) is 5.50 Å². The van der Waals surface area contributed by atoms with Gasteiger partial charge in [0.15, 0.2) is 0 Å². The van der Waals surface area contributed by atoms with Gasteiger partial charge in [0.05, 0.1) is 5.70 Å². The predicted molar refractivity (Wildman–Crippen MR) is 86.7 cm³/mol. The second-order valence-corrected chi connectivity index (χ2v) is 6.10. The molecule has 0 saturated heterocycles. The predicted octanol–water partition coefficient (Wildman–Crippen LogP) is 4.48. The van der Waals surface area contributed by atoms with Crippen LogP contribution in [0.1, 0.15) is 5.56 Å². The first kappa shape index (κ1) is 12.6. The Morgan fingerprint density at radius 3 is 2.47 bits per heavy atom. The van der Waals surface area contributed by atoms with Crippen molar-refractivity contribution in [1.82, 2.24) is 5.32 Å². The van der Waals surface area contributed by atoms with Crippen LogP contribution in [0.4, 0.5) is 5.69 Å². The van der Waals surface area contributed by atoms with E-state index in [1.807, 2.05) is 18.2 Å². The number of halogens is 1. The number of hydrogen-bond donors (Lipinski definition) is 2. The summed E-state index contributed by atoms with van der Waals surface area (Å²) >= 11 is 5.19. The van der Waals surface area contributed by atoms with Gasteiger partial charge < -0.3 is 10.6 Å². The van der Waals surface area contributed by atoms with Crippen LogP contribution in [0, 0.1) is 0 Å². The molecule has 1 aliphatic heterocycles. The van der Waals surface area contributed by atoms with Crippen LogP contribution in [0.5, 0.6) is 0 Å². The lowest BCUT2D eigenvalue weighted by Gasteiger charge is -2.16. The average Bonchev–Trinajstić information content (AvgIpc) is 2.91. The SMILES string of the molecule is Brc1ccc(NC2NC(c3ccccc3)=CS2)cc1. The molecule has 2 aromatic rings. The Bertz CT molecular complexity index is 581. The van der Waals surface area contributed by atoms with Gasteiger partial charge in [0.2, 0.25) is 0 Å². The zero-order valence-electron chi connectivity index (χ0n) is 10.1. The lowest BCUT2D eigenvalue weighted by atomic mass is 10.2. The van der Waals surface area contributed by atoms with Crippen LogP contribution >= 0.6 is 27.7 Å². The van der Waals surface area contributed by atoms with E-state index in [1.165, 1.54) is 11.3 Å². The second-order valence-electron chi connectivity index (χ2n) is 4.21. The fraction of sp³-hybridized carbons (Fsp3) is 0.0667. The third kappa shape index (κ3) is 3.14. The largest absolute Gasteiger partial charge is 0.357 e. The Labute approximate surface area is 125 Å². The quantitative estimate of drug-likeness (QED) is 0.866. The number of rotatable bonds is 3. The molecule has 0 spiro atoms. The summed E-state index contributed by atoms with van der Waals surface area (Å²) in [7, 11) is 0. The van der Waals surface area contributed by atoms with Crippen molar-refractivity contribution in [3.05, 3.63) is 70.0 Å². The van der Waals surface area contributed by atoms with E-state index < -0.39 is 0 Å². The van der Waals surface area contributed by atoms with Gasteiger partial charge in [-0.15, -0.1) is 0 Å². The summed E-state index contributed by atoms with van der Waals surface area (Å²) in [5, 5.41) is 9.08. The van der Waals surface area contributed by atoms with Gasteiger partial charge in [-0.2, -0.15) is 0 Å². The Morgan fingerprint density at radius 2 is 1.74 bits per heavy atom. The summed E-state index contributed by atoms with van der Waals surface area (Å²) in [6.07, 6.45) is 0. The highest BCUT2D eigenvalue weighted by Crippen LogP contribution is 2.28. The molecule has 0 saturated carbocycles. The smallest absolute Gasteiger partial charge is 0.149 e. The molecule has 2 N–H and O–H groups in total. The van der Waals surface area contributed by atoms with Crippen molar-refractivity contribution in [2.75, 3.05) is 5.32 Å². The molecule has 0 aromatic heterocycles. The maximum atomic E-state index is 3.47. The standard InChI is InChI=1S/C15H13BrN2S/c16-12-6-8-13(9-7-12)17-15-18-14(10-19-15)11-4-2-1-3-5-11/h1-10,15,17-18H. The van der Waals surface area contributed by atoms with Gasteiger partial charge in [-0.3, -0.25) is 0 Å². The number of nitrogens with one attached hydrogen (secondary N) is 2. The molecule has 0 aliphatic carbocycles. The highest BCUT2D eigenvalue weighted by Gasteiger charge is 2.16. The third-order valence-electron chi connectivity index (χ3n) is 2.84. The molecule has 2 aromatic carbocycles. The van der Waals surface area contributed by atoms with Crippen LogP contribution in [0.15, 0.2) is 64.5 Å². The van der Waals surface area contributed by atoms with Gasteiger partial charge >= 0.3 is 0 Å². The third-order valence-corrected chi connectivity index (χ3v) is 4.24. The lowest BCUT2D eigenvalue weighted by molar-refractivity contribution is 0.905. The van der Waals surface area contributed by atoms with Crippen LogP contribution in [0.25, 0.3) is 5.70 Å². The molecule has 1 aliphatic rings. The van der Waals surface area contributed by atoms with E-state index in [-0.39, 0.29) is 5.50 Å². The van der Waals surface area contributed by atoms with Crippen molar-refractivity contribution in [2.45, 2.75) is 5.50 Å². The van der Waals surface area contributed by atoms with E-state index in [9.17, 15) is 0 Å². The van der Waals surface area contributed by atoms with E-state index in [4.69, 9.17) is 0 Å². The number of thioether (sulfide) groups is 1. The van der Waals surface area contributed by atoms with Gasteiger partial charge in [-0.1, -0.05) is 58.0 Å². The molecule has 3 rings (SSSR count). The Morgan fingerprint density at radius 1 is 1.00 bits per heavy atom. The number of benzene rings is 2. The fourth-order valence-electron chi connectivity index (χ4n) is 1.88. The van der Waals surface area contributed by atoms with Crippen molar-refractivity contribution >= 4 is 39.1 Å². The fourth-order valence-corrected chi connectivity index (χ4v) is 3.02. The summed E-state index contributed by atoms with van der Waals surface area (Å²) in [5.74, 6) is 0. The van der Waals surface area contributed by atoms with Gasteiger partial charge in [0.25, 0.3) is 0 Å². The Balaban J connectivity index is 1.64. The molecule has 4 heteroatoms. The monoisotopic (exact) mass is 332 g/mol. The van der Waals surface area contributed by atoms with Gasteiger partial charge in [-0.25, -0.2) is 0 Å². The van der Waals surface area contributed by atoms with Gasteiger partial charge in [0, 0.05) is 10.2 Å². The molecule has 0 fully saturated rings. The van der Waals surface area contributed by atoms with Crippen LogP contribution in [0.2, 0.25) is 0 Å². The van der Waals surface area contributed by atoms with E-state index in [0.717, 1.165) is 10.2 Å². The van der Waals surface area contributed by atoms with Crippen LogP contribution < -0.4 is 10.6 Å². The lowest BCUT2D eigenvalue weighted by Crippen LogP contribution is -2.27. The molecule has 0 radical (unpaired) electrons. The Kier molecular flexibility index (Phi) is 3.80. The van der Waals surface area contributed by atoms with Crippen molar-refractivity contribution in [1.29, 1.82) is 0 Å². The summed E-state index contributed by atoms with van der Waals surface area (Å²) in [5.41, 5.74) is 3.67. The molecule has 0 amide bonds. The molecular weight excluding hydrogens is 320 g/mol. The normalized spacial score (nSPS) is 17.7. The van der Waals surface area contributed by atoms with E-state index in [1.54, 1.807) is 11.8 Å². The maximum Gasteiger partial charge on any atom is 0.149 e. The van der Waals surface area contributed by atoms with Crippen LogP contribution in [-0.4, -0.2) is 5.50 Å². The van der Waals surface area contributed by atoms with E-state index in [2.05, 4.69) is 68.4 Å². The summed E-state index contributed by atoms with van der Waals surface area (Å²) in [4.78, 5) is 0. The summed E-state index contributed by atoms with van der Waals surface area (Å²) in [6, 6.07) is 18.6. The number of anilines is 1. The van der Waals surface area contributed by atoms with E-state index >= 15 is 0 Å². The zero-order chi connectivity index (χ0) is 13.1. The maximum absolute atomic E-state index is 3.47. The molecule has 0 bridgehead atoms. The molecule has 1 atom stereocenters.